The van der Waals surface area contributed by atoms with Gasteiger partial charge in [-0.2, -0.15) is 11.8 Å². The molecular formula is C12H14F3NOS. The van der Waals surface area contributed by atoms with Gasteiger partial charge in [-0.05, 0) is 48.1 Å². The lowest BCUT2D eigenvalue weighted by molar-refractivity contribution is -0.274. The molecule has 6 heteroatoms. The first-order valence-electron chi connectivity index (χ1n) is 5.70. The summed E-state index contributed by atoms with van der Waals surface area (Å²) < 4.78 is 39.7. The van der Waals surface area contributed by atoms with E-state index in [1.807, 2.05) is 11.8 Å². The van der Waals surface area contributed by atoms with E-state index in [-0.39, 0.29) is 5.75 Å². The van der Waals surface area contributed by atoms with Crippen molar-refractivity contribution in [3.05, 3.63) is 24.3 Å². The van der Waals surface area contributed by atoms with Crippen LogP contribution in [0.25, 0.3) is 0 Å². The van der Waals surface area contributed by atoms with Crippen LogP contribution in [0.1, 0.15) is 6.42 Å². The summed E-state index contributed by atoms with van der Waals surface area (Å²) in [7, 11) is 0. The van der Waals surface area contributed by atoms with Gasteiger partial charge in [0.05, 0.1) is 0 Å². The molecule has 18 heavy (non-hydrogen) atoms. The van der Waals surface area contributed by atoms with Gasteiger partial charge in [0.1, 0.15) is 5.75 Å². The summed E-state index contributed by atoms with van der Waals surface area (Å²) in [4.78, 5) is 0. The first-order chi connectivity index (χ1) is 8.53. The Labute approximate surface area is 108 Å². The largest absolute Gasteiger partial charge is 0.573 e. The Morgan fingerprint density at radius 1 is 1.28 bits per heavy atom. The standard InChI is InChI=1S/C12H14F3NOS/c13-12(14,15)17-11-3-1-10(2-4-11)16-7-9-5-6-18-8-9/h1-4,9,16H,5-8H2. The maximum absolute atomic E-state index is 12.0. The van der Waals surface area contributed by atoms with Crippen LogP contribution < -0.4 is 10.1 Å². The van der Waals surface area contributed by atoms with E-state index >= 15 is 0 Å². The second kappa shape index (κ2) is 5.73. The Bertz CT molecular complexity index is 374. The van der Waals surface area contributed by atoms with Gasteiger partial charge < -0.3 is 10.1 Å². The Morgan fingerprint density at radius 3 is 2.56 bits per heavy atom. The molecule has 0 aliphatic carbocycles. The maximum atomic E-state index is 12.0. The number of alkyl halides is 3. The predicted octanol–water partition coefficient (Wildman–Crippen LogP) is 3.75. The van der Waals surface area contributed by atoms with Crippen molar-refractivity contribution in [1.29, 1.82) is 0 Å². The fourth-order valence-corrected chi connectivity index (χ4v) is 3.07. The number of benzene rings is 1. The van der Waals surface area contributed by atoms with Crippen molar-refractivity contribution >= 4 is 17.4 Å². The van der Waals surface area contributed by atoms with Gasteiger partial charge in [-0.3, -0.25) is 0 Å². The number of halogens is 3. The van der Waals surface area contributed by atoms with E-state index < -0.39 is 6.36 Å². The van der Waals surface area contributed by atoms with Crippen LogP contribution in [-0.2, 0) is 0 Å². The summed E-state index contributed by atoms with van der Waals surface area (Å²) in [5.41, 5.74) is 0.821. The van der Waals surface area contributed by atoms with Gasteiger partial charge in [0.2, 0.25) is 0 Å². The van der Waals surface area contributed by atoms with Crippen molar-refractivity contribution in [2.45, 2.75) is 12.8 Å². The van der Waals surface area contributed by atoms with Crippen LogP contribution in [0.3, 0.4) is 0 Å². The molecule has 1 unspecified atom stereocenters. The number of hydrogen-bond donors (Lipinski definition) is 1. The molecule has 1 atom stereocenters. The maximum Gasteiger partial charge on any atom is 0.573 e. The van der Waals surface area contributed by atoms with Crippen LogP contribution in [0.2, 0.25) is 0 Å². The molecule has 1 aromatic rings. The van der Waals surface area contributed by atoms with Crippen molar-refractivity contribution in [1.82, 2.24) is 0 Å². The molecule has 1 aromatic carbocycles. The SMILES string of the molecule is FC(F)(F)Oc1ccc(NCC2CCSC2)cc1. The highest BCUT2D eigenvalue weighted by molar-refractivity contribution is 7.99. The average molecular weight is 277 g/mol. The number of ether oxygens (including phenoxy) is 1. The molecule has 0 saturated carbocycles. The third kappa shape index (κ3) is 4.33. The zero-order valence-electron chi connectivity index (χ0n) is 9.67. The molecule has 0 amide bonds. The lowest BCUT2D eigenvalue weighted by Crippen LogP contribution is -2.17. The molecular weight excluding hydrogens is 263 g/mol. The lowest BCUT2D eigenvalue weighted by Gasteiger charge is -2.12. The third-order valence-corrected chi connectivity index (χ3v) is 3.94. The monoisotopic (exact) mass is 277 g/mol. The Kier molecular flexibility index (Phi) is 4.27. The minimum absolute atomic E-state index is 0.190. The minimum Gasteiger partial charge on any atom is -0.406 e. The highest BCUT2D eigenvalue weighted by Crippen LogP contribution is 2.26. The van der Waals surface area contributed by atoms with Crippen molar-refractivity contribution < 1.29 is 17.9 Å². The summed E-state index contributed by atoms with van der Waals surface area (Å²) in [6.07, 6.45) is -3.43. The molecule has 1 heterocycles. The van der Waals surface area contributed by atoms with E-state index in [0.717, 1.165) is 18.0 Å². The topological polar surface area (TPSA) is 21.3 Å². The second-order valence-electron chi connectivity index (χ2n) is 4.18. The average Bonchev–Trinajstić information content (AvgIpc) is 2.79. The number of hydrogen-bond acceptors (Lipinski definition) is 3. The van der Waals surface area contributed by atoms with Crippen LogP contribution in [-0.4, -0.2) is 24.4 Å². The highest BCUT2D eigenvalue weighted by Gasteiger charge is 2.30. The Morgan fingerprint density at radius 2 is 2.00 bits per heavy atom. The fraction of sp³-hybridized carbons (Fsp3) is 0.500. The number of anilines is 1. The van der Waals surface area contributed by atoms with E-state index in [1.54, 1.807) is 12.1 Å². The molecule has 0 spiro atoms. The number of nitrogens with one attached hydrogen (secondary N) is 1. The summed E-state index contributed by atoms with van der Waals surface area (Å²) in [5, 5.41) is 3.23. The molecule has 1 saturated heterocycles. The van der Waals surface area contributed by atoms with E-state index in [2.05, 4.69) is 10.1 Å². The minimum atomic E-state index is -4.63. The van der Waals surface area contributed by atoms with Gasteiger partial charge in [-0.15, -0.1) is 13.2 Å². The normalized spacial score (nSPS) is 19.8. The van der Waals surface area contributed by atoms with Gasteiger partial charge in [-0.25, -0.2) is 0 Å². The predicted molar refractivity (Wildman–Crippen MR) is 67.0 cm³/mol. The zero-order chi connectivity index (χ0) is 13.0. The molecule has 0 bridgehead atoms. The van der Waals surface area contributed by atoms with Crippen LogP contribution in [0.5, 0.6) is 5.75 Å². The summed E-state index contributed by atoms with van der Waals surface area (Å²) in [5.74, 6) is 2.82. The van der Waals surface area contributed by atoms with Crippen LogP contribution in [0, 0.1) is 5.92 Å². The Hall–Kier alpha value is -1.04. The van der Waals surface area contributed by atoms with Gasteiger partial charge in [0, 0.05) is 12.2 Å². The number of thioether (sulfide) groups is 1. The van der Waals surface area contributed by atoms with Gasteiger partial charge >= 0.3 is 6.36 Å². The molecule has 1 N–H and O–H groups in total. The van der Waals surface area contributed by atoms with E-state index in [4.69, 9.17) is 0 Å². The van der Waals surface area contributed by atoms with Gasteiger partial charge in [0.15, 0.2) is 0 Å². The summed E-state index contributed by atoms with van der Waals surface area (Å²) in [6.45, 7) is 0.868. The number of rotatable bonds is 4. The zero-order valence-corrected chi connectivity index (χ0v) is 10.5. The van der Waals surface area contributed by atoms with Crippen LogP contribution >= 0.6 is 11.8 Å². The lowest BCUT2D eigenvalue weighted by atomic mass is 10.1. The van der Waals surface area contributed by atoms with Crippen LogP contribution in [0.15, 0.2) is 24.3 Å². The third-order valence-electron chi connectivity index (χ3n) is 2.71. The quantitative estimate of drug-likeness (QED) is 0.905. The molecule has 2 rings (SSSR count). The smallest absolute Gasteiger partial charge is 0.406 e. The Balaban J connectivity index is 1.83. The van der Waals surface area contributed by atoms with Crippen molar-refractivity contribution in [2.75, 3.05) is 23.4 Å². The summed E-state index contributed by atoms with van der Waals surface area (Å²) >= 11 is 1.94. The summed E-state index contributed by atoms with van der Waals surface area (Å²) in [6, 6.07) is 5.84. The highest BCUT2D eigenvalue weighted by atomic mass is 32.2. The molecule has 2 nitrogen and oxygen atoms in total. The molecule has 1 aliphatic heterocycles. The van der Waals surface area contributed by atoms with Crippen LogP contribution in [0.4, 0.5) is 18.9 Å². The first-order valence-corrected chi connectivity index (χ1v) is 6.86. The molecule has 100 valence electrons. The van der Waals surface area contributed by atoms with Crippen molar-refractivity contribution in [3.8, 4) is 5.75 Å². The molecule has 1 fully saturated rings. The molecule has 1 aliphatic rings. The molecule has 0 aromatic heterocycles. The van der Waals surface area contributed by atoms with Gasteiger partial charge in [0.25, 0.3) is 0 Å². The fourth-order valence-electron chi connectivity index (χ4n) is 1.78. The van der Waals surface area contributed by atoms with E-state index in [9.17, 15) is 13.2 Å². The molecule has 0 radical (unpaired) electrons. The van der Waals surface area contributed by atoms with E-state index in [0.29, 0.717) is 5.92 Å². The van der Waals surface area contributed by atoms with E-state index in [1.165, 1.54) is 24.3 Å². The van der Waals surface area contributed by atoms with Crippen molar-refractivity contribution in [2.24, 2.45) is 5.92 Å². The first kappa shape index (κ1) is 13.4. The van der Waals surface area contributed by atoms with Gasteiger partial charge in [-0.1, -0.05) is 0 Å². The van der Waals surface area contributed by atoms with Crippen molar-refractivity contribution in [3.63, 3.8) is 0 Å². The second-order valence-corrected chi connectivity index (χ2v) is 5.33.